The molecule has 0 bridgehead atoms. The van der Waals surface area contributed by atoms with Gasteiger partial charge in [0.25, 0.3) is 0 Å². The molecule has 2 aliphatic carbocycles. The number of halogens is 1. The molecule has 1 N–H and O–H groups in total. The van der Waals surface area contributed by atoms with E-state index in [4.69, 9.17) is 0 Å². The highest BCUT2D eigenvalue weighted by Crippen LogP contribution is 2.50. The van der Waals surface area contributed by atoms with Gasteiger partial charge in [0.05, 0.1) is 12.0 Å². The Morgan fingerprint density at radius 2 is 1.86 bits per heavy atom. The number of hydrogen-bond acceptors (Lipinski definition) is 2. The molecule has 21 heavy (non-hydrogen) atoms. The van der Waals surface area contributed by atoms with Crippen molar-refractivity contribution in [3.05, 3.63) is 35.6 Å². The number of carbonyl (C=O) groups is 1. The summed E-state index contributed by atoms with van der Waals surface area (Å²) in [5, 5.41) is 9.30. The topological polar surface area (TPSA) is 40.5 Å². The highest BCUT2D eigenvalue weighted by Gasteiger charge is 2.53. The number of rotatable bonds is 5. The van der Waals surface area contributed by atoms with Crippen LogP contribution in [-0.2, 0) is 10.2 Å². The summed E-state index contributed by atoms with van der Waals surface area (Å²) in [7, 11) is 0. The van der Waals surface area contributed by atoms with E-state index < -0.39 is 5.41 Å². The van der Waals surface area contributed by atoms with Crippen molar-refractivity contribution in [2.75, 3.05) is 13.2 Å². The molecule has 1 aromatic carbocycles. The first-order chi connectivity index (χ1) is 10.2. The van der Waals surface area contributed by atoms with E-state index in [0.717, 1.165) is 44.1 Å². The molecule has 0 aliphatic heterocycles. The first-order valence-electron chi connectivity index (χ1n) is 7.85. The molecule has 1 aromatic rings. The van der Waals surface area contributed by atoms with Crippen LogP contribution < -0.4 is 0 Å². The summed E-state index contributed by atoms with van der Waals surface area (Å²) >= 11 is 0. The number of amides is 1. The highest BCUT2D eigenvalue weighted by atomic mass is 19.1. The number of benzene rings is 1. The monoisotopic (exact) mass is 291 g/mol. The molecule has 0 heterocycles. The van der Waals surface area contributed by atoms with Gasteiger partial charge in [0, 0.05) is 12.6 Å². The second kappa shape index (κ2) is 5.76. The van der Waals surface area contributed by atoms with Crippen molar-refractivity contribution in [3.8, 4) is 0 Å². The fraction of sp³-hybridized carbons (Fsp3) is 0.588. The predicted molar refractivity (Wildman–Crippen MR) is 78.4 cm³/mol. The normalized spacial score (nSPS) is 20.5. The van der Waals surface area contributed by atoms with E-state index in [1.165, 1.54) is 12.1 Å². The van der Waals surface area contributed by atoms with Crippen molar-refractivity contribution in [3.63, 3.8) is 0 Å². The fourth-order valence-corrected chi connectivity index (χ4v) is 3.57. The van der Waals surface area contributed by atoms with E-state index in [9.17, 15) is 14.3 Å². The van der Waals surface area contributed by atoms with Crippen LogP contribution in [0.2, 0.25) is 0 Å². The van der Waals surface area contributed by atoms with Crippen molar-refractivity contribution >= 4 is 5.91 Å². The lowest BCUT2D eigenvalue weighted by Gasteiger charge is -2.32. The lowest BCUT2D eigenvalue weighted by molar-refractivity contribution is -0.136. The van der Waals surface area contributed by atoms with Crippen LogP contribution in [0.15, 0.2) is 24.3 Å². The molecule has 0 radical (unpaired) electrons. The van der Waals surface area contributed by atoms with E-state index in [1.54, 1.807) is 12.1 Å². The summed E-state index contributed by atoms with van der Waals surface area (Å²) in [5.74, 6) is -0.153. The van der Waals surface area contributed by atoms with Crippen LogP contribution in [0.25, 0.3) is 0 Å². The molecule has 2 saturated carbocycles. The molecule has 0 spiro atoms. The quantitative estimate of drug-likeness (QED) is 0.906. The first-order valence-corrected chi connectivity index (χ1v) is 7.85. The summed E-state index contributed by atoms with van der Waals surface area (Å²) in [5.41, 5.74) is 0.445. The van der Waals surface area contributed by atoms with Gasteiger partial charge in [-0.2, -0.15) is 0 Å². The van der Waals surface area contributed by atoms with Crippen LogP contribution in [0.3, 0.4) is 0 Å². The average Bonchev–Trinajstić information content (AvgIpc) is 3.13. The molecule has 1 amide bonds. The minimum Gasteiger partial charge on any atom is -0.395 e. The van der Waals surface area contributed by atoms with Crippen LogP contribution in [0.5, 0.6) is 0 Å². The van der Waals surface area contributed by atoms with E-state index in [2.05, 4.69) is 0 Å². The molecule has 3 nitrogen and oxygen atoms in total. The summed E-state index contributed by atoms with van der Waals surface area (Å²) in [6, 6.07) is 6.57. The molecule has 0 unspecified atom stereocenters. The molecule has 3 rings (SSSR count). The van der Waals surface area contributed by atoms with Crippen LogP contribution in [-0.4, -0.2) is 35.1 Å². The predicted octanol–water partition coefficient (Wildman–Crippen LogP) is 2.62. The van der Waals surface area contributed by atoms with Gasteiger partial charge in [0.1, 0.15) is 5.82 Å². The Morgan fingerprint density at radius 3 is 2.38 bits per heavy atom. The molecule has 114 valence electrons. The van der Waals surface area contributed by atoms with Crippen molar-refractivity contribution in [1.82, 2.24) is 4.90 Å². The minimum absolute atomic E-state index is 0.00172. The van der Waals surface area contributed by atoms with Crippen LogP contribution in [0.4, 0.5) is 4.39 Å². The van der Waals surface area contributed by atoms with E-state index in [-0.39, 0.29) is 24.4 Å². The Hall–Kier alpha value is -1.42. The van der Waals surface area contributed by atoms with Gasteiger partial charge < -0.3 is 10.0 Å². The molecular formula is C17H22FNO2. The van der Waals surface area contributed by atoms with Gasteiger partial charge >= 0.3 is 0 Å². The molecule has 2 aliphatic rings. The maximum Gasteiger partial charge on any atom is 0.233 e. The zero-order chi connectivity index (χ0) is 14.9. The number of aliphatic hydroxyl groups is 1. The van der Waals surface area contributed by atoms with Crippen molar-refractivity contribution in [1.29, 1.82) is 0 Å². The fourth-order valence-electron chi connectivity index (χ4n) is 3.57. The van der Waals surface area contributed by atoms with Gasteiger partial charge in [-0.05, 0) is 43.4 Å². The lowest BCUT2D eigenvalue weighted by atomic mass is 9.93. The smallest absolute Gasteiger partial charge is 0.233 e. The Morgan fingerprint density at radius 1 is 1.24 bits per heavy atom. The van der Waals surface area contributed by atoms with E-state index >= 15 is 0 Å². The average molecular weight is 291 g/mol. The summed E-state index contributed by atoms with van der Waals surface area (Å²) in [6.45, 7) is 0.411. The maximum atomic E-state index is 13.1. The maximum absolute atomic E-state index is 13.1. The number of nitrogens with zero attached hydrogens (tertiary/aromatic N) is 1. The van der Waals surface area contributed by atoms with Gasteiger partial charge in [-0.3, -0.25) is 4.79 Å². The minimum atomic E-state index is -0.467. The van der Waals surface area contributed by atoms with Gasteiger partial charge in [-0.15, -0.1) is 0 Å². The molecule has 0 saturated heterocycles. The molecule has 2 fully saturated rings. The molecule has 0 atom stereocenters. The molecular weight excluding hydrogens is 269 g/mol. The van der Waals surface area contributed by atoms with Crippen molar-refractivity contribution in [2.24, 2.45) is 0 Å². The Balaban J connectivity index is 1.82. The van der Waals surface area contributed by atoms with Crippen LogP contribution in [0, 0.1) is 5.82 Å². The van der Waals surface area contributed by atoms with Crippen molar-refractivity contribution in [2.45, 2.75) is 50.0 Å². The van der Waals surface area contributed by atoms with E-state index in [0.29, 0.717) is 6.54 Å². The number of carbonyl (C=O) groups excluding carboxylic acids is 1. The standard InChI is InChI=1S/C17H22FNO2/c18-14-7-5-13(6-8-14)17(9-10-17)16(21)19(11-12-20)15-3-1-2-4-15/h5-8,15,20H,1-4,9-12H2. The third-order valence-corrected chi connectivity index (χ3v) is 4.92. The third-order valence-electron chi connectivity index (χ3n) is 4.92. The molecule has 4 heteroatoms. The SMILES string of the molecule is O=C(N(CCO)C1CCCC1)C1(c2ccc(F)cc2)CC1. The van der Waals surface area contributed by atoms with Crippen LogP contribution in [0.1, 0.15) is 44.1 Å². The summed E-state index contributed by atoms with van der Waals surface area (Å²) in [6.07, 6.45) is 6.03. The van der Waals surface area contributed by atoms with Crippen LogP contribution >= 0.6 is 0 Å². The number of hydrogen-bond donors (Lipinski definition) is 1. The largest absolute Gasteiger partial charge is 0.395 e. The van der Waals surface area contributed by atoms with Gasteiger partial charge in [-0.1, -0.05) is 25.0 Å². The zero-order valence-electron chi connectivity index (χ0n) is 12.2. The second-order valence-corrected chi connectivity index (χ2v) is 6.25. The number of aliphatic hydroxyl groups excluding tert-OH is 1. The van der Waals surface area contributed by atoms with Crippen molar-refractivity contribution < 1.29 is 14.3 Å². The second-order valence-electron chi connectivity index (χ2n) is 6.25. The summed E-state index contributed by atoms with van der Waals surface area (Å²) in [4.78, 5) is 14.9. The first kappa shape index (κ1) is 14.5. The third kappa shape index (κ3) is 2.69. The lowest BCUT2D eigenvalue weighted by Crippen LogP contribution is -2.46. The van der Waals surface area contributed by atoms with E-state index in [1.807, 2.05) is 4.90 Å². The summed E-state index contributed by atoms with van der Waals surface area (Å²) < 4.78 is 13.1. The Kier molecular flexibility index (Phi) is 3.98. The molecule has 0 aromatic heterocycles. The van der Waals surface area contributed by atoms with Gasteiger partial charge in [0.15, 0.2) is 0 Å². The Labute approximate surface area is 124 Å². The van der Waals surface area contributed by atoms with Gasteiger partial charge in [0.2, 0.25) is 5.91 Å². The van der Waals surface area contributed by atoms with Gasteiger partial charge in [-0.25, -0.2) is 4.39 Å². The Bertz CT molecular complexity index is 504. The zero-order valence-corrected chi connectivity index (χ0v) is 12.2. The highest BCUT2D eigenvalue weighted by molar-refractivity contribution is 5.91.